The molecule has 24 heavy (non-hydrogen) atoms. The molecule has 1 aromatic heterocycles. The molecule has 1 atom stereocenters. The molecule has 1 N–H and O–H groups in total. The molecule has 0 bridgehead atoms. The standard InChI is InChI=1S/C19H25N3O.HI/c1-2-20-19(21-12-10-18-9-6-14-23-18)22-13-11-17(15-22)16-7-4-3-5-8-16;/h3-9,14,17H,2,10-13,15H2,1H3,(H,20,21);1H. The second kappa shape index (κ2) is 9.71. The molecule has 130 valence electrons. The van der Waals surface area contributed by atoms with Crippen LogP contribution in [0, 0.1) is 0 Å². The third-order valence-corrected chi connectivity index (χ3v) is 4.29. The summed E-state index contributed by atoms with van der Waals surface area (Å²) in [7, 11) is 0. The molecular formula is C19H26IN3O. The van der Waals surface area contributed by atoms with Crippen LogP contribution < -0.4 is 5.32 Å². The third kappa shape index (κ3) is 5.00. The first-order valence-electron chi connectivity index (χ1n) is 8.47. The summed E-state index contributed by atoms with van der Waals surface area (Å²) in [5, 5.41) is 3.42. The molecule has 4 nitrogen and oxygen atoms in total. The molecule has 5 heteroatoms. The molecule has 0 saturated carbocycles. The molecule has 0 radical (unpaired) electrons. The summed E-state index contributed by atoms with van der Waals surface area (Å²) in [6.07, 6.45) is 3.75. The number of rotatable bonds is 5. The Balaban J connectivity index is 0.00000208. The van der Waals surface area contributed by atoms with E-state index >= 15 is 0 Å². The average Bonchev–Trinajstić information content (AvgIpc) is 3.27. The lowest BCUT2D eigenvalue weighted by atomic mass is 9.99. The van der Waals surface area contributed by atoms with Gasteiger partial charge in [0.05, 0.1) is 6.26 Å². The minimum atomic E-state index is 0. The Hall–Kier alpha value is -1.50. The van der Waals surface area contributed by atoms with E-state index in [1.807, 2.05) is 12.1 Å². The van der Waals surface area contributed by atoms with Crippen molar-refractivity contribution in [1.82, 2.24) is 10.2 Å². The van der Waals surface area contributed by atoms with E-state index in [9.17, 15) is 0 Å². The summed E-state index contributed by atoms with van der Waals surface area (Å²) in [5.41, 5.74) is 1.43. The third-order valence-electron chi connectivity index (χ3n) is 4.29. The van der Waals surface area contributed by atoms with E-state index in [2.05, 4.69) is 47.5 Å². The normalized spacial score (nSPS) is 17.6. The Labute approximate surface area is 161 Å². The van der Waals surface area contributed by atoms with Crippen molar-refractivity contribution in [2.75, 3.05) is 26.2 Å². The fraction of sp³-hybridized carbons (Fsp3) is 0.421. The SMILES string of the molecule is CCNC(=NCCc1ccco1)N1CCC(c2ccccc2)C1.I. The fourth-order valence-electron chi connectivity index (χ4n) is 3.10. The predicted molar refractivity (Wildman–Crippen MR) is 109 cm³/mol. The first-order valence-corrected chi connectivity index (χ1v) is 8.47. The maximum Gasteiger partial charge on any atom is 0.193 e. The van der Waals surface area contributed by atoms with Crippen molar-refractivity contribution in [3.8, 4) is 0 Å². The predicted octanol–water partition coefficient (Wildman–Crippen LogP) is 3.90. The molecular weight excluding hydrogens is 413 g/mol. The molecule has 3 rings (SSSR count). The Kier molecular flexibility index (Phi) is 7.62. The monoisotopic (exact) mass is 439 g/mol. The Morgan fingerprint density at radius 1 is 1.25 bits per heavy atom. The van der Waals surface area contributed by atoms with Crippen LogP contribution in [-0.4, -0.2) is 37.0 Å². The van der Waals surface area contributed by atoms with Gasteiger partial charge in [-0.3, -0.25) is 4.99 Å². The summed E-state index contributed by atoms with van der Waals surface area (Å²) in [6.45, 7) is 5.87. The van der Waals surface area contributed by atoms with E-state index in [1.165, 1.54) is 12.0 Å². The molecule has 2 heterocycles. The number of aliphatic imine (C=N–C) groups is 1. The lowest BCUT2D eigenvalue weighted by Gasteiger charge is -2.21. The number of hydrogen-bond donors (Lipinski definition) is 1. The summed E-state index contributed by atoms with van der Waals surface area (Å²) < 4.78 is 5.37. The van der Waals surface area contributed by atoms with Gasteiger partial charge in [0.1, 0.15) is 5.76 Å². The van der Waals surface area contributed by atoms with Crippen LogP contribution in [0.25, 0.3) is 0 Å². The maximum atomic E-state index is 5.37. The molecule has 1 saturated heterocycles. The molecule has 2 aromatic rings. The fourth-order valence-corrected chi connectivity index (χ4v) is 3.10. The van der Waals surface area contributed by atoms with Gasteiger partial charge >= 0.3 is 0 Å². The van der Waals surface area contributed by atoms with Crippen LogP contribution in [0.4, 0.5) is 0 Å². The summed E-state index contributed by atoms with van der Waals surface area (Å²) >= 11 is 0. The summed E-state index contributed by atoms with van der Waals surface area (Å²) in [5.74, 6) is 2.62. The first-order chi connectivity index (χ1) is 11.4. The van der Waals surface area contributed by atoms with Gasteiger partial charge in [0.25, 0.3) is 0 Å². The van der Waals surface area contributed by atoms with Gasteiger partial charge in [-0.1, -0.05) is 30.3 Å². The van der Waals surface area contributed by atoms with Gasteiger partial charge in [0.15, 0.2) is 5.96 Å². The quantitative estimate of drug-likeness (QED) is 0.437. The topological polar surface area (TPSA) is 40.8 Å². The van der Waals surface area contributed by atoms with Crippen molar-refractivity contribution in [3.63, 3.8) is 0 Å². The van der Waals surface area contributed by atoms with E-state index in [0.29, 0.717) is 5.92 Å². The number of benzene rings is 1. The molecule has 1 fully saturated rings. The number of furan rings is 1. The highest BCUT2D eigenvalue weighted by Crippen LogP contribution is 2.26. The zero-order valence-corrected chi connectivity index (χ0v) is 16.5. The highest BCUT2D eigenvalue weighted by atomic mass is 127. The van der Waals surface area contributed by atoms with Crippen LogP contribution in [0.5, 0.6) is 0 Å². The Morgan fingerprint density at radius 3 is 2.79 bits per heavy atom. The van der Waals surface area contributed by atoms with Crippen LogP contribution in [0.15, 0.2) is 58.1 Å². The largest absolute Gasteiger partial charge is 0.469 e. The number of nitrogens with one attached hydrogen (secondary N) is 1. The minimum Gasteiger partial charge on any atom is -0.469 e. The number of hydrogen-bond acceptors (Lipinski definition) is 2. The van der Waals surface area contributed by atoms with E-state index in [0.717, 1.165) is 44.3 Å². The van der Waals surface area contributed by atoms with Crippen LogP contribution in [0.3, 0.4) is 0 Å². The Bertz CT molecular complexity index is 613. The lowest BCUT2D eigenvalue weighted by molar-refractivity contribution is 0.482. The van der Waals surface area contributed by atoms with Crippen molar-refractivity contribution >= 4 is 29.9 Å². The number of likely N-dealkylation sites (tertiary alicyclic amines) is 1. The molecule has 1 unspecified atom stereocenters. The average molecular weight is 439 g/mol. The maximum absolute atomic E-state index is 5.37. The van der Waals surface area contributed by atoms with Crippen molar-refractivity contribution in [3.05, 3.63) is 60.1 Å². The number of halogens is 1. The highest BCUT2D eigenvalue weighted by Gasteiger charge is 2.25. The second-order valence-corrected chi connectivity index (χ2v) is 5.91. The van der Waals surface area contributed by atoms with Crippen LogP contribution in [-0.2, 0) is 6.42 Å². The first kappa shape index (κ1) is 18.8. The van der Waals surface area contributed by atoms with Gasteiger partial charge in [-0.2, -0.15) is 0 Å². The number of nitrogens with zero attached hydrogens (tertiary/aromatic N) is 2. The lowest BCUT2D eigenvalue weighted by Crippen LogP contribution is -2.40. The zero-order chi connectivity index (χ0) is 15.9. The Morgan fingerprint density at radius 2 is 2.08 bits per heavy atom. The van der Waals surface area contributed by atoms with E-state index in [1.54, 1.807) is 6.26 Å². The van der Waals surface area contributed by atoms with E-state index < -0.39 is 0 Å². The van der Waals surface area contributed by atoms with Crippen LogP contribution >= 0.6 is 24.0 Å². The molecule has 1 aliphatic rings. The number of guanidine groups is 1. The van der Waals surface area contributed by atoms with E-state index in [-0.39, 0.29) is 24.0 Å². The van der Waals surface area contributed by atoms with Gasteiger partial charge in [-0.05, 0) is 31.0 Å². The van der Waals surface area contributed by atoms with Gasteiger partial charge in [0.2, 0.25) is 0 Å². The van der Waals surface area contributed by atoms with Crippen LogP contribution in [0.2, 0.25) is 0 Å². The van der Waals surface area contributed by atoms with Crippen LogP contribution in [0.1, 0.15) is 30.6 Å². The van der Waals surface area contributed by atoms with Gasteiger partial charge in [-0.15, -0.1) is 24.0 Å². The molecule has 0 aliphatic carbocycles. The van der Waals surface area contributed by atoms with Crippen molar-refractivity contribution in [1.29, 1.82) is 0 Å². The summed E-state index contributed by atoms with van der Waals surface area (Å²) in [4.78, 5) is 7.15. The molecule has 1 aliphatic heterocycles. The van der Waals surface area contributed by atoms with Gasteiger partial charge in [0, 0.05) is 38.5 Å². The molecule has 1 aromatic carbocycles. The highest BCUT2D eigenvalue weighted by molar-refractivity contribution is 14.0. The molecule has 0 amide bonds. The van der Waals surface area contributed by atoms with Crippen molar-refractivity contribution in [2.24, 2.45) is 4.99 Å². The second-order valence-electron chi connectivity index (χ2n) is 5.91. The summed E-state index contributed by atoms with van der Waals surface area (Å²) in [6, 6.07) is 14.7. The smallest absolute Gasteiger partial charge is 0.193 e. The van der Waals surface area contributed by atoms with Crippen molar-refractivity contribution < 1.29 is 4.42 Å². The zero-order valence-electron chi connectivity index (χ0n) is 14.1. The van der Waals surface area contributed by atoms with Gasteiger partial charge < -0.3 is 14.6 Å². The minimum absolute atomic E-state index is 0. The molecule has 0 spiro atoms. The van der Waals surface area contributed by atoms with Gasteiger partial charge in [-0.25, -0.2) is 0 Å². The van der Waals surface area contributed by atoms with E-state index in [4.69, 9.17) is 9.41 Å². The van der Waals surface area contributed by atoms with Crippen molar-refractivity contribution in [2.45, 2.75) is 25.7 Å².